The third-order valence-electron chi connectivity index (χ3n) is 2.95. The van der Waals surface area contributed by atoms with Gasteiger partial charge in [0.05, 0.1) is 4.90 Å². The van der Waals surface area contributed by atoms with Crippen molar-refractivity contribution in [3.8, 4) is 0 Å². The summed E-state index contributed by atoms with van der Waals surface area (Å²) in [4.78, 5) is 0.295. The first-order valence-electron chi connectivity index (χ1n) is 6.58. The molecule has 2 aromatic rings. The Morgan fingerprint density at radius 2 is 2.18 bits per heavy atom. The average molecular weight is 338 g/mol. The Balaban J connectivity index is 2.14. The minimum atomic E-state index is -3.41. The van der Waals surface area contributed by atoms with Gasteiger partial charge in [-0.1, -0.05) is 30.0 Å². The standard InChI is InChI=1S/C14H18N4O2S2/c1-4-8-18-11-15-16-14(18)21-10-12-6-5-7-13(9-12)22(19,20)17(2)3/h4-7,9,11H,1,8,10H2,2-3H3. The van der Waals surface area contributed by atoms with Crippen molar-refractivity contribution in [1.82, 2.24) is 19.1 Å². The highest BCUT2D eigenvalue weighted by atomic mass is 32.2. The molecule has 0 unspecified atom stereocenters. The number of sulfonamides is 1. The van der Waals surface area contributed by atoms with Crippen molar-refractivity contribution >= 4 is 21.8 Å². The van der Waals surface area contributed by atoms with Gasteiger partial charge >= 0.3 is 0 Å². The zero-order valence-corrected chi connectivity index (χ0v) is 14.1. The van der Waals surface area contributed by atoms with Gasteiger partial charge in [0.15, 0.2) is 5.16 Å². The minimum Gasteiger partial charge on any atom is -0.305 e. The maximum atomic E-state index is 12.1. The van der Waals surface area contributed by atoms with Crippen LogP contribution in [0, 0.1) is 0 Å². The van der Waals surface area contributed by atoms with Gasteiger partial charge < -0.3 is 4.57 Å². The molecule has 0 saturated carbocycles. The summed E-state index contributed by atoms with van der Waals surface area (Å²) >= 11 is 1.51. The molecular weight excluding hydrogens is 320 g/mol. The number of thioether (sulfide) groups is 1. The Labute approximate surface area is 134 Å². The zero-order chi connectivity index (χ0) is 16.2. The van der Waals surface area contributed by atoms with Crippen molar-refractivity contribution in [3.63, 3.8) is 0 Å². The maximum absolute atomic E-state index is 12.1. The summed E-state index contributed by atoms with van der Waals surface area (Å²) in [5, 5.41) is 8.70. The molecule has 6 nitrogen and oxygen atoms in total. The van der Waals surface area contributed by atoms with Gasteiger partial charge in [0.25, 0.3) is 0 Å². The molecule has 8 heteroatoms. The number of rotatable bonds is 7. The van der Waals surface area contributed by atoms with E-state index in [1.165, 1.54) is 30.2 Å². The first kappa shape index (κ1) is 16.7. The van der Waals surface area contributed by atoms with E-state index >= 15 is 0 Å². The molecule has 0 saturated heterocycles. The highest BCUT2D eigenvalue weighted by molar-refractivity contribution is 7.98. The molecule has 0 aliphatic heterocycles. The smallest absolute Gasteiger partial charge is 0.242 e. The van der Waals surface area contributed by atoms with E-state index in [-0.39, 0.29) is 0 Å². The summed E-state index contributed by atoms with van der Waals surface area (Å²) in [6, 6.07) is 6.94. The van der Waals surface area contributed by atoms with Crippen LogP contribution in [0.1, 0.15) is 5.56 Å². The van der Waals surface area contributed by atoms with E-state index in [2.05, 4.69) is 16.8 Å². The van der Waals surface area contributed by atoms with Crippen molar-refractivity contribution < 1.29 is 8.42 Å². The molecule has 0 amide bonds. The monoisotopic (exact) mass is 338 g/mol. The van der Waals surface area contributed by atoms with Crippen LogP contribution in [0.3, 0.4) is 0 Å². The van der Waals surface area contributed by atoms with Gasteiger partial charge in [-0.05, 0) is 17.7 Å². The molecular formula is C14H18N4O2S2. The van der Waals surface area contributed by atoms with Crippen LogP contribution in [0.5, 0.6) is 0 Å². The predicted molar refractivity (Wildman–Crippen MR) is 87.1 cm³/mol. The first-order chi connectivity index (χ1) is 10.4. The number of hydrogen-bond acceptors (Lipinski definition) is 5. The van der Waals surface area contributed by atoms with Crippen LogP contribution < -0.4 is 0 Å². The SMILES string of the molecule is C=CCn1cnnc1SCc1cccc(S(=O)(=O)N(C)C)c1. The van der Waals surface area contributed by atoms with Gasteiger partial charge in [0, 0.05) is 26.4 Å². The molecule has 118 valence electrons. The Morgan fingerprint density at radius 3 is 2.86 bits per heavy atom. The van der Waals surface area contributed by atoms with E-state index in [0.29, 0.717) is 17.2 Å². The summed E-state index contributed by atoms with van der Waals surface area (Å²) in [6.45, 7) is 4.34. The molecule has 0 aliphatic carbocycles. The Morgan fingerprint density at radius 1 is 1.41 bits per heavy atom. The van der Waals surface area contributed by atoms with Crippen molar-refractivity contribution in [3.05, 3.63) is 48.8 Å². The molecule has 0 N–H and O–H groups in total. The molecule has 0 aliphatic rings. The van der Waals surface area contributed by atoms with Crippen LogP contribution in [-0.4, -0.2) is 41.6 Å². The van der Waals surface area contributed by atoms with E-state index in [4.69, 9.17) is 0 Å². The topological polar surface area (TPSA) is 68.1 Å². The van der Waals surface area contributed by atoms with E-state index in [0.717, 1.165) is 10.7 Å². The molecule has 2 rings (SSSR count). The third-order valence-corrected chi connectivity index (χ3v) is 5.81. The molecule has 1 aromatic heterocycles. The summed E-state index contributed by atoms with van der Waals surface area (Å²) in [6.07, 6.45) is 3.43. The number of allylic oxidation sites excluding steroid dienone is 1. The van der Waals surface area contributed by atoms with Crippen molar-refractivity contribution in [2.75, 3.05) is 14.1 Å². The lowest BCUT2D eigenvalue weighted by Crippen LogP contribution is -2.22. The van der Waals surface area contributed by atoms with Crippen LogP contribution >= 0.6 is 11.8 Å². The summed E-state index contributed by atoms with van der Waals surface area (Å²) in [7, 11) is -0.366. The highest BCUT2D eigenvalue weighted by Gasteiger charge is 2.17. The van der Waals surface area contributed by atoms with Crippen LogP contribution in [0.4, 0.5) is 0 Å². The quantitative estimate of drug-likeness (QED) is 0.570. The molecule has 0 bridgehead atoms. The van der Waals surface area contributed by atoms with Crippen molar-refractivity contribution in [1.29, 1.82) is 0 Å². The second kappa shape index (κ2) is 7.08. The molecule has 0 fully saturated rings. The van der Waals surface area contributed by atoms with Crippen LogP contribution in [0.15, 0.2) is 53.3 Å². The Kier molecular flexibility index (Phi) is 5.38. The van der Waals surface area contributed by atoms with Gasteiger partial charge in [-0.15, -0.1) is 16.8 Å². The Bertz CT molecular complexity index is 754. The largest absolute Gasteiger partial charge is 0.305 e. The zero-order valence-electron chi connectivity index (χ0n) is 12.5. The normalized spacial score (nSPS) is 11.8. The fourth-order valence-corrected chi connectivity index (χ4v) is 3.62. The van der Waals surface area contributed by atoms with Crippen LogP contribution in [0.25, 0.3) is 0 Å². The highest BCUT2D eigenvalue weighted by Crippen LogP contribution is 2.23. The second-order valence-electron chi connectivity index (χ2n) is 4.78. The Hall–Kier alpha value is -1.64. The number of nitrogens with zero attached hydrogens (tertiary/aromatic N) is 4. The molecule has 0 spiro atoms. The second-order valence-corrected chi connectivity index (χ2v) is 7.87. The van der Waals surface area contributed by atoms with Gasteiger partial charge in [0.1, 0.15) is 6.33 Å². The van der Waals surface area contributed by atoms with Crippen molar-refractivity contribution in [2.24, 2.45) is 0 Å². The van der Waals surface area contributed by atoms with E-state index in [1.807, 2.05) is 10.6 Å². The van der Waals surface area contributed by atoms with Crippen LogP contribution in [-0.2, 0) is 22.3 Å². The fraction of sp³-hybridized carbons (Fsp3) is 0.286. The lowest BCUT2D eigenvalue weighted by Gasteiger charge is -2.12. The van der Waals surface area contributed by atoms with Gasteiger partial charge in [-0.2, -0.15) is 0 Å². The molecule has 0 atom stereocenters. The third kappa shape index (κ3) is 3.76. The summed E-state index contributed by atoms with van der Waals surface area (Å²) in [5.74, 6) is 0.618. The van der Waals surface area contributed by atoms with E-state index in [1.54, 1.807) is 30.6 Å². The lowest BCUT2D eigenvalue weighted by atomic mass is 10.2. The van der Waals surface area contributed by atoms with E-state index in [9.17, 15) is 8.42 Å². The van der Waals surface area contributed by atoms with Gasteiger partial charge in [0.2, 0.25) is 10.0 Å². The molecule has 1 aromatic carbocycles. The first-order valence-corrected chi connectivity index (χ1v) is 9.00. The van der Waals surface area contributed by atoms with Crippen LogP contribution in [0.2, 0.25) is 0 Å². The van der Waals surface area contributed by atoms with Gasteiger partial charge in [-0.3, -0.25) is 0 Å². The fourth-order valence-electron chi connectivity index (χ4n) is 1.77. The molecule has 22 heavy (non-hydrogen) atoms. The number of aromatic nitrogens is 3. The van der Waals surface area contributed by atoms with E-state index < -0.39 is 10.0 Å². The molecule has 0 radical (unpaired) electrons. The maximum Gasteiger partial charge on any atom is 0.242 e. The molecule has 1 heterocycles. The minimum absolute atomic E-state index is 0.295. The lowest BCUT2D eigenvalue weighted by molar-refractivity contribution is 0.520. The van der Waals surface area contributed by atoms with Gasteiger partial charge in [-0.25, -0.2) is 12.7 Å². The number of hydrogen-bond donors (Lipinski definition) is 0. The predicted octanol–water partition coefficient (Wildman–Crippen LogP) is 2.01. The van der Waals surface area contributed by atoms with Crippen molar-refractivity contribution in [2.45, 2.75) is 22.3 Å². The summed E-state index contributed by atoms with van der Waals surface area (Å²) < 4.78 is 27.4. The summed E-state index contributed by atoms with van der Waals surface area (Å²) in [5.41, 5.74) is 0.918. The average Bonchev–Trinajstić information content (AvgIpc) is 2.93. The number of benzene rings is 1.